The van der Waals surface area contributed by atoms with Crippen molar-refractivity contribution >= 4 is 34.2 Å². The maximum atomic E-state index is 11.2. The Kier molecular flexibility index (Phi) is 3.24. The molecular formula is C12H12ClN3O. The molecule has 1 aromatic heterocycles. The molecule has 88 valence electrons. The molecule has 0 aliphatic carbocycles. The number of alkyl halides is 1. The Bertz CT molecular complexity index is 583. The van der Waals surface area contributed by atoms with Crippen molar-refractivity contribution < 1.29 is 4.79 Å². The molecule has 0 radical (unpaired) electrons. The molecule has 1 amide bonds. The second-order valence-electron chi connectivity index (χ2n) is 3.78. The number of hydrogen-bond donors (Lipinski definition) is 1. The van der Waals surface area contributed by atoms with E-state index in [-0.39, 0.29) is 11.8 Å². The number of aryl methyl sites for hydroxylation is 2. The third-order valence-electron chi connectivity index (χ3n) is 2.48. The lowest BCUT2D eigenvalue weighted by Crippen LogP contribution is -2.12. The Morgan fingerprint density at radius 3 is 2.53 bits per heavy atom. The number of nitrogens with one attached hydrogen (secondary N) is 1. The first kappa shape index (κ1) is 11.8. The standard InChI is InChI=1S/C12H12ClN3O/c1-7-8(2)15-11-5-9(16-12(17)6-13)3-4-10(11)14-7/h3-5H,6H2,1-2H3,(H,16,17). The maximum absolute atomic E-state index is 11.2. The fraction of sp³-hybridized carbons (Fsp3) is 0.250. The molecule has 2 aromatic rings. The van der Waals surface area contributed by atoms with Crippen molar-refractivity contribution in [2.45, 2.75) is 13.8 Å². The Hall–Kier alpha value is -1.68. The van der Waals surface area contributed by atoms with Crippen molar-refractivity contribution in [1.29, 1.82) is 0 Å². The van der Waals surface area contributed by atoms with E-state index >= 15 is 0 Å². The lowest BCUT2D eigenvalue weighted by atomic mass is 10.2. The first-order valence-corrected chi connectivity index (χ1v) is 5.74. The zero-order chi connectivity index (χ0) is 12.4. The van der Waals surface area contributed by atoms with Crippen LogP contribution in [0.2, 0.25) is 0 Å². The number of amides is 1. The van der Waals surface area contributed by atoms with Gasteiger partial charge in [0.1, 0.15) is 5.88 Å². The van der Waals surface area contributed by atoms with Gasteiger partial charge in [-0.3, -0.25) is 4.79 Å². The van der Waals surface area contributed by atoms with Gasteiger partial charge in [0.25, 0.3) is 0 Å². The van der Waals surface area contributed by atoms with Gasteiger partial charge in [-0.1, -0.05) is 0 Å². The van der Waals surface area contributed by atoms with Crippen LogP contribution in [0.15, 0.2) is 18.2 Å². The highest BCUT2D eigenvalue weighted by Crippen LogP contribution is 2.17. The Labute approximate surface area is 104 Å². The quantitative estimate of drug-likeness (QED) is 0.832. The van der Waals surface area contributed by atoms with Gasteiger partial charge < -0.3 is 5.32 Å². The molecule has 0 aliphatic rings. The van der Waals surface area contributed by atoms with E-state index in [0.717, 1.165) is 22.4 Å². The summed E-state index contributed by atoms with van der Waals surface area (Å²) in [6.45, 7) is 3.83. The highest BCUT2D eigenvalue weighted by molar-refractivity contribution is 6.29. The zero-order valence-corrected chi connectivity index (χ0v) is 10.4. The Morgan fingerprint density at radius 2 is 1.88 bits per heavy atom. The molecular weight excluding hydrogens is 238 g/mol. The van der Waals surface area contributed by atoms with E-state index in [0.29, 0.717) is 5.69 Å². The monoisotopic (exact) mass is 249 g/mol. The number of carbonyl (C=O) groups is 1. The van der Waals surface area contributed by atoms with Crippen LogP contribution in [-0.2, 0) is 4.79 Å². The number of carbonyl (C=O) groups excluding carboxylic acids is 1. The van der Waals surface area contributed by atoms with E-state index in [1.54, 1.807) is 12.1 Å². The highest BCUT2D eigenvalue weighted by atomic mass is 35.5. The van der Waals surface area contributed by atoms with Crippen LogP contribution < -0.4 is 5.32 Å². The number of nitrogens with zero attached hydrogens (tertiary/aromatic N) is 2. The minimum atomic E-state index is -0.234. The lowest BCUT2D eigenvalue weighted by molar-refractivity contribution is -0.113. The van der Waals surface area contributed by atoms with Crippen molar-refractivity contribution in [3.8, 4) is 0 Å². The van der Waals surface area contributed by atoms with Gasteiger partial charge in [0.15, 0.2) is 0 Å². The summed E-state index contributed by atoms with van der Waals surface area (Å²) in [5.41, 5.74) is 4.06. The average molecular weight is 250 g/mol. The first-order valence-electron chi connectivity index (χ1n) is 5.21. The van der Waals surface area contributed by atoms with E-state index in [9.17, 15) is 4.79 Å². The van der Waals surface area contributed by atoms with Gasteiger partial charge in [0.2, 0.25) is 5.91 Å². The van der Waals surface area contributed by atoms with Crippen LogP contribution in [-0.4, -0.2) is 21.8 Å². The summed E-state index contributed by atoms with van der Waals surface area (Å²) in [4.78, 5) is 20.0. The minimum absolute atomic E-state index is 0.0589. The third kappa shape index (κ3) is 2.53. The molecule has 0 saturated heterocycles. The SMILES string of the molecule is Cc1nc2ccc(NC(=O)CCl)cc2nc1C. The van der Waals surface area contributed by atoms with E-state index in [4.69, 9.17) is 11.6 Å². The molecule has 1 N–H and O–H groups in total. The number of aromatic nitrogens is 2. The van der Waals surface area contributed by atoms with Crippen LogP contribution in [0, 0.1) is 13.8 Å². The molecule has 0 atom stereocenters. The fourth-order valence-corrected chi connectivity index (χ4v) is 1.57. The van der Waals surface area contributed by atoms with E-state index in [1.807, 2.05) is 19.9 Å². The van der Waals surface area contributed by atoms with Crippen molar-refractivity contribution in [3.05, 3.63) is 29.6 Å². The minimum Gasteiger partial charge on any atom is -0.325 e. The van der Waals surface area contributed by atoms with Gasteiger partial charge in [-0.05, 0) is 32.0 Å². The van der Waals surface area contributed by atoms with Crippen molar-refractivity contribution in [1.82, 2.24) is 9.97 Å². The van der Waals surface area contributed by atoms with Crippen molar-refractivity contribution in [2.24, 2.45) is 0 Å². The molecule has 2 rings (SSSR count). The summed E-state index contributed by atoms with van der Waals surface area (Å²) < 4.78 is 0. The van der Waals surface area contributed by atoms with Crippen molar-refractivity contribution in [3.63, 3.8) is 0 Å². The molecule has 1 heterocycles. The fourth-order valence-electron chi connectivity index (χ4n) is 1.50. The molecule has 4 nitrogen and oxygen atoms in total. The predicted octanol–water partition coefficient (Wildman–Crippen LogP) is 2.42. The number of benzene rings is 1. The second kappa shape index (κ2) is 4.67. The maximum Gasteiger partial charge on any atom is 0.239 e. The van der Waals surface area contributed by atoms with Crippen LogP contribution >= 0.6 is 11.6 Å². The molecule has 17 heavy (non-hydrogen) atoms. The molecule has 0 bridgehead atoms. The van der Waals surface area contributed by atoms with Crippen LogP contribution in [0.3, 0.4) is 0 Å². The van der Waals surface area contributed by atoms with E-state index in [2.05, 4.69) is 15.3 Å². The number of hydrogen-bond acceptors (Lipinski definition) is 3. The summed E-state index contributed by atoms with van der Waals surface area (Å²) in [7, 11) is 0. The van der Waals surface area contributed by atoms with Gasteiger partial charge in [0, 0.05) is 5.69 Å². The summed E-state index contributed by atoms with van der Waals surface area (Å²) in [6.07, 6.45) is 0. The number of halogens is 1. The van der Waals surface area contributed by atoms with E-state index in [1.165, 1.54) is 0 Å². The molecule has 1 aromatic carbocycles. The first-order chi connectivity index (χ1) is 8.10. The van der Waals surface area contributed by atoms with Crippen LogP contribution in [0.5, 0.6) is 0 Å². The topological polar surface area (TPSA) is 54.9 Å². The second-order valence-corrected chi connectivity index (χ2v) is 4.05. The molecule has 0 saturated carbocycles. The summed E-state index contributed by atoms with van der Waals surface area (Å²) in [5.74, 6) is -0.292. The van der Waals surface area contributed by atoms with Crippen molar-refractivity contribution in [2.75, 3.05) is 11.2 Å². The van der Waals surface area contributed by atoms with Crippen LogP contribution in [0.1, 0.15) is 11.4 Å². The normalized spacial score (nSPS) is 10.5. The largest absolute Gasteiger partial charge is 0.325 e. The van der Waals surface area contributed by atoms with E-state index < -0.39 is 0 Å². The summed E-state index contributed by atoms with van der Waals surface area (Å²) in [5, 5.41) is 2.68. The van der Waals surface area contributed by atoms with Gasteiger partial charge in [-0.25, -0.2) is 9.97 Å². The molecule has 0 spiro atoms. The Morgan fingerprint density at radius 1 is 1.24 bits per heavy atom. The van der Waals surface area contributed by atoms with Gasteiger partial charge in [-0.2, -0.15) is 0 Å². The Balaban J connectivity index is 2.43. The molecule has 0 aliphatic heterocycles. The molecule has 0 fully saturated rings. The molecule has 0 unspecified atom stereocenters. The van der Waals surface area contributed by atoms with Gasteiger partial charge in [0.05, 0.1) is 22.4 Å². The summed E-state index contributed by atoms with van der Waals surface area (Å²) in [6, 6.07) is 5.41. The van der Waals surface area contributed by atoms with Gasteiger partial charge >= 0.3 is 0 Å². The third-order valence-corrected chi connectivity index (χ3v) is 2.72. The smallest absolute Gasteiger partial charge is 0.239 e. The lowest BCUT2D eigenvalue weighted by Gasteiger charge is -2.06. The number of anilines is 1. The average Bonchev–Trinajstić information content (AvgIpc) is 2.31. The van der Waals surface area contributed by atoms with Crippen LogP contribution in [0.25, 0.3) is 11.0 Å². The predicted molar refractivity (Wildman–Crippen MR) is 68.4 cm³/mol. The molecule has 5 heteroatoms. The van der Waals surface area contributed by atoms with Crippen LogP contribution in [0.4, 0.5) is 5.69 Å². The summed E-state index contributed by atoms with van der Waals surface area (Å²) >= 11 is 5.43. The zero-order valence-electron chi connectivity index (χ0n) is 9.62. The number of fused-ring (bicyclic) bond motifs is 1. The number of rotatable bonds is 2. The highest BCUT2D eigenvalue weighted by Gasteiger charge is 2.04. The van der Waals surface area contributed by atoms with Gasteiger partial charge in [-0.15, -0.1) is 11.6 Å².